The maximum atomic E-state index is 13.3. The molecule has 0 radical (unpaired) electrons. The zero-order chi connectivity index (χ0) is 27.2. The predicted molar refractivity (Wildman–Crippen MR) is 153 cm³/mol. The molecule has 2 aliphatic rings. The van der Waals surface area contributed by atoms with E-state index in [0.29, 0.717) is 38.6 Å². The second-order valence-corrected chi connectivity index (χ2v) is 11.2. The van der Waals surface area contributed by atoms with Gasteiger partial charge in [-0.3, -0.25) is 14.5 Å². The van der Waals surface area contributed by atoms with Crippen molar-refractivity contribution in [2.45, 2.75) is 32.2 Å². The zero-order valence-corrected chi connectivity index (χ0v) is 23.9. The van der Waals surface area contributed by atoms with Gasteiger partial charge >= 0.3 is 5.97 Å². The molecular weight excluding hydrogens is 592 g/mol. The number of piperidine rings is 1. The van der Waals surface area contributed by atoms with Crippen LogP contribution in [-0.2, 0) is 14.4 Å². The molecule has 2 aliphatic heterocycles. The summed E-state index contributed by atoms with van der Waals surface area (Å²) in [7, 11) is 0. The normalized spacial score (nSPS) is 17.6. The van der Waals surface area contributed by atoms with Gasteiger partial charge in [0.05, 0.1) is 16.0 Å². The van der Waals surface area contributed by atoms with Crippen molar-refractivity contribution in [3.8, 4) is 11.5 Å². The molecule has 2 heterocycles. The number of amides is 2. The molecule has 2 amide bonds. The highest BCUT2D eigenvalue weighted by atomic mass is 79.9. The molecule has 8 nitrogen and oxygen atoms in total. The second-order valence-electron chi connectivity index (χ2n) is 8.70. The lowest BCUT2D eigenvalue weighted by Gasteiger charge is -2.26. The summed E-state index contributed by atoms with van der Waals surface area (Å²) in [6.45, 7) is 3.58. The number of carboxylic acid groups (broad SMARTS) is 1. The summed E-state index contributed by atoms with van der Waals surface area (Å²) in [6, 6.07) is 10.8. The number of aliphatic carboxylic acids is 1. The quantitative estimate of drug-likeness (QED) is 0.300. The third-order valence-corrected chi connectivity index (χ3v) is 8.03. The minimum atomic E-state index is -1.23. The topological polar surface area (TPSA) is 96.4 Å². The van der Waals surface area contributed by atoms with Crippen LogP contribution in [0, 0.1) is 0 Å². The minimum Gasteiger partial charge on any atom is -0.490 e. The molecule has 200 valence electrons. The smallest absolute Gasteiger partial charge is 0.331 e. The van der Waals surface area contributed by atoms with Crippen LogP contribution in [0.2, 0.25) is 0 Å². The lowest BCUT2D eigenvalue weighted by Crippen LogP contribution is -2.38. The van der Waals surface area contributed by atoms with Crippen molar-refractivity contribution in [2.75, 3.05) is 26.3 Å². The first-order valence-corrected chi connectivity index (χ1v) is 14.2. The molecule has 2 fully saturated rings. The van der Waals surface area contributed by atoms with E-state index in [9.17, 15) is 19.5 Å². The number of thiocarbonyl (C=S) groups is 1. The van der Waals surface area contributed by atoms with Crippen molar-refractivity contribution >= 4 is 68.1 Å². The van der Waals surface area contributed by atoms with E-state index in [1.165, 1.54) is 0 Å². The Hall–Kier alpha value is -2.89. The number of nitrogens with zero attached hydrogens (tertiary/aromatic N) is 2. The molecular formula is C27H27BrN2O6S2. The monoisotopic (exact) mass is 618 g/mol. The van der Waals surface area contributed by atoms with E-state index in [0.717, 1.165) is 49.0 Å². The average molecular weight is 620 g/mol. The molecule has 38 heavy (non-hydrogen) atoms. The highest BCUT2D eigenvalue weighted by Crippen LogP contribution is 2.41. The maximum Gasteiger partial charge on any atom is 0.331 e. The van der Waals surface area contributed by atoms with Gasteiger partial charge in [0.1, 0.15) is 4.32 Å². The number of rotatable bonds is 9. The molecule has 2 aromatic carbocycles. The van der Waals surface area contributed by atoms with Crippen LogP contribution in [0.15, 0.2) is 51.8 Å². The molecule has 1 unspecified atom stereocenters. The number of thioether (sulfide) groups is 1. The Balaban J connectivity index is 1.56. The minimum absolute atomic E-state index is 0.0711. The van der Waals surface area contributed by atoms with Crippen molar-refractivity contribution in [1.82, 2.24) is 9.80 Å². The fraction of sp³-hybridized carbons (Fsp3) is 0.333. The van der Waals surface area contributed by atoms with Gasteiger partial charge in [0.25, 0.3) is 11.8 Å². The van der Waals surface area contributed by atoms with Gasteiger partial charge in [-0.05, 0) is 71.5 Å². The van der Waals surface area contributed by atoms with Gasteiger partial charge in [-0.15, -0.1) is 0 Å². The Bertz CT molecular complexity index is 1260. The summed E-state index contributed by atoms with van der Waals surface area (Å²) in [4.78, 5) is 41.2. The van der Waals surface area contributed by atoms with Crippen molar-refractivity contribution in [2.24, 2.45) is 0 Å². The standard InChI is InChI=1S/C27H27BrN2O6S2/c1-2-35-20-14-17(13-19(28)24(20)36-16-22(31)29-11-7-4-8-12-29)15-21-25(32)30(27(37)38-21)23(26(33)34)18-9-5-3-6-10-18/h3,5-6,9-10,13-15,23H,2,4,7-8,11-12,16H2,1H3,(H,33,34)/b21-15+. The third kappa shape index (κ3) is 6.39. The van der Waals surface area contributed by atoms with E-state index in [1.54, 1.807) is 48.5 Å². The molecule has 0 bridgehead atoms. The van der Waals surface area contributed by atoms with Gasteiger partial charge in [-0.2, -0.15) is 0 Å². The highest BCUT2D eigenvalue weighted by molar-refractivity contribution is 9.10. The zero-order valence-electron chi connectivity index (χ0n) is 20.7. The van der Waals surface area contributed by atoms with E-state index in [2.05, 4.69) is 15.9 Å². The maximum absolute atomic E-state index is 13.3. The number of hydrogen-bond acceptors (Lipinski definition) is 7. The number of hydrogen-bond donors (Lipinski definition) is 1. The first-order valence-electron chi connectivity index (χ1n) is 12.2. The van der Waals surface area contributed by atoms with Gasteiger partial charge in [-0.25, -0.2) is 4.79 Å². The molecule has 2 aromatic rings. The van der Waals surface area contributed by atoms with E-state index in [-0.39, 0.29) is 16.8 Å². The lowest BCUT2D eigenvalue weighted by molar-refractivity contribution is -0.145. The Morgan fingerprint density at radius 3 is 2.53 bits per heavy atom. The number of likely N-dealkylation sites (tertiary alicyclic amines) is 1. The van der Waals surface area contributed by atoms with Crippen LogP contribution < -0.4 is 9.47 Å². The number of ether oxygens (including phenoxy) is 2. The molecule has 0 aliphatic carbocycles. The Kier molecular flexibility index (Phi) is 9.45. The van der Waals surface area contributed by atoms with Crippen molar-refractivity contribution in [1.29, 1.82) is 0 Å². The van der Waals surface area contributed by atoms with Crippen LogP contribution in [-0.4, -0.2) is 63.3 Å². The van der Waals surface area contributed by atoms with Crippen LogP contribution in [0.5, 0.6) is 11.5 Å². The molecule has 0 spiro atoms. The van der Waals surface area contributed by atoms with Gasteiger partial charge in [0, 0.05) is 13.1 Å². The van der Waals surface area contributed by atoms with Crippen molar-refractivity contribution < 1.29 is 29.0 Å². The molecule has 1 atom stereocenters. The Morgan fingerprint density at radius 2 is 1.87 bits per heavy atom. The molecule has 1 N–H and O–H groups in total. The van der Waals surface area contributed by atoms with Crippen LogP contribution in [0.4, 0.5) is 0 Å². The van der Waals surface area contributed by atoms with E-state index >= 15 is 0 Å². The summed E-state index contributed by atoms with van der Waals surface area (Å²) in [5.74, 6) is -0.911. The van der Waals surface area contributed by atoms with Gasteiger partial charge in [0.2, 0.25) is 0 Å². The average Bonchev–Trinajstić information content (AvgIpc) is 3.17. The Morgan fingerprint density at radius 1 is 1.16 bits per heavy atom. The van der Waals surface area contributed by atoms with Crippen LogP contribution >= 0.6 is 39.9 Å². The number of carbonyl (C=O) groups is 3. The predicted octanol–water partition coefficient (Wildman–Crippen LogP) is 5.27. The Labute approximate surface area is 239 Å². The summed E-state index contributed by atoms with van der Waals surface area (Å²) < 4.78 is 12.4. The summed E-state index contributed by atoms with van der Waals surface area (Å²) in [5, 5.41) is 9.89. The summed E-state index contributed by atoms with van der Waals surface area (Å²) in [6.07, 6.45) is 4.77. The van der Waals surface area contributed by atoms with Gasteiger partial charge < -0.3 is 19.5 Å². The molecule has 11 heteroatoms. The van der Waals surface area contributed by atoms with Crippen molar-refractivity contribution in [3.63, 3.8) is 0 Å². The molecule has 2 saturated heterocycles. The SMILES string of the molecule is CCOc1cc(/C=C2/SC(=S)N(C(C(=O)O)c3ccccc3)C2=O)cc(Br)c1OCC(=O)N1CCCCC1. The van der Waals surface area contributed by atoms with E-state index in [1.807, 2.05) is 11.8 Å². The number of carbonyl (C=O) groups excluding carboxylic acids is 2. The molecule has 0 aromatic heterocycles. The first kappa shape index (κ1) is 28.1. The summed E-state index contributed by atoms with van der Waals surface area (Å²) >= 11 is 9.96. The number of benzene rings is 2. The molecule has 0 saturated carbocycles. The number of halogens is 1. The van der Waals surface area contributed by atoms with Crippen LogP contribution in [0.25, 0.3) is 6.08 Å². The van der Waals surface area contributed by atoms with E-state index < -0.39 is 17.9 Å². The fourth-order valence-electron chi connectivity index (χ4n) is 4.33. The highest BCUT2D eigenvalue weighted by Gasteiger charge is 2.41. The van der Waals surface area contributed by atoms with E-state index in [4.69, 9.17) is 21.7 Å². The van der Waals surface area contributed by atoms with Crippen molar-refractivity contribution in [3.05, 3.63) is 63.0 Å². The van der Waals surface area contributed by atoms with Crippen LogP contribution in [0.3, 0.4) is 0 Å². The fourth-order valence-corrected chi connectivity index (χ4v) is 6.22. The second kappa shape index (κ2) is 12.8. The molecule has 4 rings (SSSR count). The first-order chi connectivity index (χ1) is 18.3. The summed E-state index contributed by atoms with van der Waals surface area (Å²) in [5.41, 5.74) is 1.08. The van der Waals surface area contributed by atoms with Gasteiger partial charge in [0.15, 0.2) is 24.1 Å². The third-order valence-electron chi connectivity index (χ3n) is 6.11. The largest absolute Gasteiger partial charge is 0.490 e. The van der Waals surface area contributed by atoms with Gasteiger partial charge in [-0.1, -0.05) is 54.3 Å². The lowest BCUT2D eigenvalue weighted by atomic mass is 10.1. The number of carboxylic acids is 1. The van der Waals surface area contributed by atoms with Crippen LogP contribution in [0.1, 0.15) is 43.4 Å².